The molecule has 8 nitrogen and oxygen atoms in total. The van der Waals surface area contributed by atoms with Crippen molar-refractivity contribution in [3.05, 3.63) is 24.3 Å². The Balaban J connectivity index is 3.16. The SMILES string of the molecule is CCS(=O)(=O)c1ccc(S(=O)(=O)N(CCOC)CC(N)=O)cc1. The Morgan fingerprint density at radius 1 is 1.13 bits per heavy atom. The van der Waals surface area contributed by atoms with Crippen molar-refractivity contribution in [1.82, 2.24) is 4.31 Å². The maximum Gasteiger partial charge on any atom is 0.243 e. The van der Waals surface area contributed by atoms with Crippen LogP contribution < -0.4 is 5.73 Å². The molecule has 0 aliphatic rings. The van der Waals surface area contributed by atoms with Crippen molar-refractivity contribution in [2.45, 2.75) is 16.7 Å². The largest absolute Gasteiger partial charge is 0.383 e. The van der Waals surface area contributed by atoms with E-state index >= 15 is 0 Å². The summed E-state index contributed by atoms with van der Waals surface area (Å²) in [6.45, 7) is 1.06. The number of nitrogens with two attached hydrogens (primary N) is 1. The Morgan fingerprint density at radius 2 is 1.65 bits per heavy atom. The van der Waals surface area contributed by atoms with Crippen molar-refractivity contribution < 1.29 is 26.4 Å². The van der Waals surface area contributed by atoms with Gasteiger partial charge in [-0.2, -0.15) is 4.31 Å². The van der Waals surface area contributed by atoms with Crippen LogP contribution in [0.2, 0.25) is 0 Å². The van der Waals surface area contributed by atoms with E-state index in [2.05, 4.69) is 0 Å². The number of primary amides is 1. The standard InChI is InChI=1S/C13H20N2O6S2/c1-3-22(17,18)11-4-6-12(7-5-11)23(19,20)15(8-9-21-2)10-13(14)16/h4-7H,3,8-10H2,1-2H3,(H2,14,16). The molecule has 1 aromatic carbocycles. The minimum Gasteiger partial charge on any atom is -0.383 e. The Labute approximate surface area is 136 Å². The first-order valence-electron chi connectivity index (χ1n) is 6.75. The van der Waals surface area contributed by atoms with E-state index in [0.717, 1.165) is 4.31 Å². The maximum absolute atomic E-state index is 12.5. The van der Waals surface area contributed by atoms with Crippen molar-refractivity contribution in [3.8, 4) is 0 Å². The molecule has 1 rings (SSSR count). The van der Waals surface area contributed by atoms with E-state index < -0.39 is 32.3 Å². The fourth-order valence-electron chi connectivity index (χ4n) is 1.79. The molecule has 0 atom stereocenters. The molecule has 2 N–H and O–H groups in total. The first kappa shape index (κ1) is 19.6. The van der Waals surface area contributed by atoms with Crippen LogP contribution in [0.15, 0.2) is 34.1 Å². The number of ether oxygens (including phenoxy) is 1. The van der Waals surface area contributed by atoms with Crippen molar-refractivity contribution in [1.29, 1.82) is 0 Å². The predicted molar refractivity (Wildman–Crippen MR) is 84.0 cm³/mol. The lowest BCUT2D eigenvalue weighted by Crippen LogP contribution is -2.40. The highest BCUT2D eigenvalue weighted by atomic mass is 32.2. The van der Waals surface area contributed by atoms with E-state index in [0.29, 0.717) is 0 Å². The van der Waals surface area contributed by atoms with Crippen molar-refractivity contribution in [2.24, 2.45) is 5.73 Å². The number of rotatable bonds is 9. The van der Waals surface area contributed by atoms with Crippen LogP contribution in [0.3, 0.4) is 0 Å². The molecule has 0 unspecified atom stereocenters. The molecule has 0 bridgehead atoms. The number of methoxy groups -OCH3 is 1. The smallest absolute Gasteiger partial charge is 0.243 e. The summed E-state index contributed by atoms with van der Waals surface area (Å²) in [6, 6.07) is 4.84. The summed E-state index contributed by atoms with van der Waals surface area (Å²) in [5.41, 5.74) is 5.07. The van der Waals surface area contributed by atoms with Gasteiger partial charge in [0.2, 0.25) is 15.9 Å². The summed E-state index contributed by atoms with van der Waals surface area (Å²) in [5, 5.41) is 0. The van der Waals surface area contributed by atoms with Crippen LogP contribution in [0.4, 0.5) is 0 Å². The molecule has 0 heterocycles. The van der Waals surface area contributed by atoms with Crippen molar-refractivity contribution >= 4 is 25.8 Å². The van der Waals surface area contributed by atoms with Gasteiger partial charge in [-0.1, -0.05) is 6.92 Å². The lowest BCUT2D eigenvalue weighted by molar-refractivity contribution is -0.118. The topological polar surface area (TPSA) is 124 Å². The van der Waals surface area contributed by atoms with Crippen LogP contribution in [0.25, 0.3) is 0 Å². The molecule has 0 saturated heterocycles. The summed E-state index contributed by atoms with van der Waals surface area (Å²) < 4.78 is 54.2. The number of nitrogens with zero attached hydrogens (tertiary/aromatic N) is 1. The van der Waals surface area contributed by atoms with Gasteiger partial charge in [-0.05, 0) is 24.3 Å². The molecule has 0 aliphatic carbocycles. The van der Waals surface area contributed by atoms with Gasteiger partial charge in [-0.15, -0.1) is 0 Å². The number of hydrogen-bond acceptors (Lipinski definition) is 6. The zero-order valence-electron chi connectivity index (χ0n) is 12.9. The normalized spacial score (nSPS) is 12.5. The van der Waals surface area contributed by atoms with E-state index in [-0.39, 0.29) is 28.7 Å². The summed E-state index contributed by atoms with van der Waals surface area (Å²) in [4.78, 5) is 11.0. The van der Waals surface area contributed by atoms with Gasteiger partial charge < -0.3 is 10.5 Å². The van der Waals surface area contributed by atoms with Gasteiger partial charge in [0.1, 0.15) is 0 Å². The van der Waals surface area contributed by atoms with Crippen LogP contribution in [0.5, 0.6) is 0 Å². The second-order valence-corrected chi connectivity index (χ2v) is 8.89. The molecule has 10 heteroatoms. The van der Waals surface area contributed by atoms with Gasteiger partial charge in [-0.3, -0.25) is 4.79 Å². The fourth-order valence-corrected chi connectivity index (χ4v) is 4.06. The molecule has 1 amide bonds. The number of sulfone groups is 1. The summed E-state index contributed by atoms with van der Waals surface area (Å²) in [6.07, 6.45) is 0. The van der Waals surface area contributed by atoms with Gasteiger partial charge >= 0.3 is 0 Å². The molecule has 130 valence electrons. The van der Waals surface area contributed by atoms with Crippen LogP contribution in [0.1, 0.15) is 6.92 Å². The van der Waals surface area contributed by atoms with Crippen molar-refractivity contribution in [3.63, 3.8) is 0 Å². The minimum atomic E-state index is -3.98. The molecule has 0 aliphatic heterocycles. The van der Waals surface area contributed by atoms with Crippen molar-refractivity contribution in [2.75, 3.05) is 32.6 Å². The van der Waals surface area contributed by atoms with Gasteiger partial charge in [0, 0.05) is 13.7 Å². The minimum absolute atomic E-state index is 0.0392. The predicted octanol–water partition coefficient (Wildman–Crippen LogP) is -0.397. The molecule has 1 aromatic rings. The zero-order valence-corrected chi connectivity index (χ0v) is 14.6. The van der Waals surface area contributed by atoms with Gasteiger partial charge in [0.05, 0.1) is 28.7 Å². The highest BCUT2D eigenvalue weighted by molar-refractivity contribution is 7.91. The van der Waals surface area contributed by atoms with Gasteiger partial charge in [0.25, 0.3) is 0 Å². The van der Waals surface area contributed by atoms with Gasteiger partial charge in [-0.25, -0.2) is 16.8 Å². The molecule has 0 aromatic heterocycles. The molecular weight excluding hydrogens is 344 g/mol. The quantitative estimate of drug-likeness (QED) is 0.636. The Bertz CT molecular complexity index is 741. The van der Waals surface area contributed by atoms with E-state index in [9.17, 15) is 21.6 Å². The number of amides is 1. The average Bonchev–Trinajstić information content (AvgIpc) is 2.51. The Hall–Kier alpha value is -1.49. The first-order chi connectivity index (χ1) is 10.6. The second-order valence-electron chi connectivity index (χ2n) is 4.67. The lowest BCUT2D eigenvalue weighted by atomic mass is 10.4. The summed E-state index contributed by atoms with van der Waals surface area (Å²) >= 11 is 0. The fraction of sp³-hybridized carbons (Fsp3) is 0.462. The molecule has 0 saturated carbocycles. The molecule has 0 spiro atoms. The van der Waals surface area contributed by atoms with E-state index in [1.807, 2.05) is 0 Å². The van der Waals surface area contributed by atoms with Gasteiger partial charge in [0.15, 0.2) is 9.84 Å². The average molecular weight is 364 g/mol. The Morgan fingerprint density at radius 3 is 2.09 bits per heavy atom. The van der Waals surface area contributed by atoms with Crippen LogP contribution in [0, 0.1) is 0 Å². The third-order valence-electron chi connectivity index (χ3n) is 3.08. The number of carbonyl (C=O) groups excluding carboxylic acids is 1. The zero-order chi connectivity index (χ0) is 17.7. The highest BCUT2D eigenvalue weighted by Gasteiger charge is 2.26. The molecular formula is C13H20N2O6S2. The lowest BCUT2D eigenvalue weighted by Gasteiger charge is -2.20. The van der Waals surface area contributed by atoms with Crippen LogP contribution in [-0.2, 0) is 29.4 Å². The number of benzene rings is 1. The van der Waals surface area contributed by atoms with E-state index in [1.54, 1.807) is 0 Å². The number of hydrogen-bond donors (Lipinski definition) is 1. The van der Waals surface area contributed by atoms with E-state index in [4.69, 9.17) is 10.5 Å². The summed E-state index contributed by atoms with van der Waals surface area (Å²) in [5.74, 6) is -0.879. The third kappa shape index (κ3) is 4.99. The molecule has 0 fully saturated rings. The third-order valence-corrected chi connectivity index (χ3v) is 6.69. The molecule has 23 heavy (non-hydrogen) atoms. The number of sulfonamides is 1. The second kappa shape index (κ2) is 7.86. The monoisotopic (exact) mass is 364 g/mol. The van der Waals surface area contributed by atoms with E-state index in [1.165, 1.54) is 38.3 Å². The molecule has 0 radical (unpaired) electrons. The van der Waals surface area contributed by atoms with Crippen LogP contribution in [-0.4, -0.2) is 59.6 Å². The van der Waals surface area contributed by atoms with Crippen LogP contribution >= 0.6 is 0 Å². The maximum atomic E-state index is 12.5. The number of carbonyl (C=O) groups is 1. The first-order valence-corrected chi connectivity index (χ1v) is 9.84. The highest BCUT2D eigenvalue weighted by Crippen LogP contribution is 2.19. The Kier molecular flexibility index (Phi) is 6.69. The summed E-state index contributed by atoms with van der Waals surface area (Å²) in [7, 11) is -5.99.